The van der Waals surface area contributed by atoms with Crippen LogP contribution in [0, 0.1) is 0 Å². The Kier molecular flexibility index (Phi) is 18.7. The average Bonchev–Trinajstić information content (AvgIpc) is 3.71. The lowest BCUT2D eigenvalue weighted by Crippen LogP contribution is -2.59. The molecule has 6 atom stereocenters. The summed E-state index contributed by atoms with van der Waals surface area (Å²) < 4.78 is 0. The largest absolute Gasteiger partial charge is 0.481 e. The van der Waals surface area contributed by atoms with Crippen molar-refractivity contribution in [2.45, 2.75) is 100 Å². The van der Waals surface area contributed by atoms with Crippen molar-refractivity contribution in [2.24, 2.45) is 0 Å². The number of carbonyl (C=O) groups excluding carboxylic acids is 5. The van der Waals surface area contributed by atoms with E-state index in [1.54, 1.807) is 12.1 Å². The molecule has 29 heteroatoms. The second-order valence-electron chi connectivity index (χ2n) is 15.8. The van der Waals surface area contributed by atoms with Crippen molar-refractivity contribution in [3.63, 3.8) is 0 Å². The van der Waals surface area contributed by atoms with Gasteiger partial charge < -0.3 is 78.1 Å². The number of benzene rings is 1. The molecule has 0 aliphatic carbocycles. The van der Waals surface area contributed by atoms with Crippen LogP contribution < -0.4 is 53.0 Å². The van der Waals surface area contributed by atoms with Crippen LogP contribution in [0.5, 0.6) is 0 Å². The van der Waals surface area contributed by atoms with Gasteiger partial charge in [0, 0.05) is 56.4 Å². The summed E-state index contributed by atoms with van der Waals surface area (Å²) in [5.74, 6) is -14.5. The minimum Gasteiger partial charge on any atom is -0.481 e. The van der Waals surface area contributed by atoms with Gasteiger partial charge in [-0.15, -0.1) is 0 Å². The van der Waals surface area contributed by atoms with E-state index in [0.29, 0.717) is 30.3 Å². The first-order valence-electron chi connectivity index (χ1n) is 21.1. The van der Waals surface area contributed by atoms with Gasteiger partial charge in [-0.05, 0) is 56.4 Å². The Morgan fingerprint density at radius 3 is 1.41 bits per heavy atom. The highest BCUT2D eigenvalue weighted by atomic mass is 16.4. The fraction of sp³-hybridized carbons (Fsp3) is 0.475. The molecule has 0 unspecified atom stereocenters. The molecule has 1 aromatic heterocycles. The average molecular weight is 974 g/mol. The first-order valence-corrected chi connectivity index (χ1v) is 21.1. The molecule has 0 bridgehead atoms. The Morgan fingerprint density at radius 1 is 0.609 bits per heavy atom. The molecule has 69 heavy (non-hydrogen) atoms. The highest BCUT2D eigenvalue weighted by Gasteiger charge is 2.38. The summed E-state index contributed by atoms with van der Waals surface area (Å²) in [5, 5.41) is 69.9. The number of carboxylic acid groups (broad SMARTS) is 6. The number of nitrogen functional groups attached to an aromatic ring is 1. The topological polar surface area (TPSA) is 460 Å². The van der Waals surface area contributed by atoms with E-state index in [0.717, 1.165) is 0 Å². The Bertz CT molecular complexity index is 2380. The van der Waals surface area contributed by atoms with E-state index in [1.165, 1.54) is 12.1 Å². The van der Waals surface area contributed by atoms with Crippen LogP contribution in [0.1, 0.15) is 74.6 Å². The third kappa shape index (κ3) is 15.8. The molecule has 0 radical (unpaired) electrons. The number of carboxylic acids is 6. The Morgan fingerprint density at radius 2 is 1.00 bits per heavy atom. The number of hydrogen-bond acceptors (Lipinski definition) is 17. The Hall–Kier alpha value is -8.53. The van der Waals surface area contributed by atoms with Crippen molar-refractivity contribution in [3.8, 4) is 0 Å². The molecular formula is C40H51N11O18. The van der Waals surface area contributed by atoms with Crippen LogP contribution in [0.15, 0.2) is 29.1 Å². The molecule has 2 aliphatic rings. The molecule has 1 aromatic carbocycles. The Balaban J connectivity index is 1.50. The number of nitrogens with two attached hydrogens (primary N) is 1. The van der Waals surface area contributed by atoms with Gasteiger partial charge in [-0.25, -0.2) is 4.79 Å². The normalized spacial score (nSPS) is 15.8. The molecule has 29 nitrogen and oxygen atoms in total. The molecule has 4 rings (SSSR count). The number of aliphatic carboxylic acids is 6. The van der Waals surface area contributed by atoms with Crippen molar-refractivity contribution in [1.29, 1.82) is 0 Å². The van der Waals surface area contributed by atoms with Crippen LogP contribution in [0.4, 0.5) is 23.1 Å². The number of aromatic nitrogens is 2. The first-order chi connectivity index (χ1) is 32.5. The maximum atomic E-state index is 13.7. The maximum absolute atomic E-state index is 13.7. The molecule has 374 valence electrons. The molecule has 2 aliphatic heterocycles. The van der Waals surface area contributed by atoms with Gasteiger partial charge in [0.2, 0.25) is 29.6 Å². The number of fused-ring (bicyclic) bond motifs is 3. The third-order valence-electron chi connectivity index (χ3n) is 10.8. The van der Waals surface area contributed by atoms with Crippen LogP contribution >= 0.6 is 0 Å². The van der Waals surface area contributed by atoms with Gasteiger partial charge in [0.15, 0.2) is 5.82 Å². The number of nitrogens with zero attached hydrogens (tertiary/aromatic N) is 3. The molecule has 1 saturated heterocycles. The maximum Gasteiger partial charge on any atom is 0.326 e. The fourth-order valence-electron chi connectivity index (χ4n) is 7.24. The lowest BCUT2D eigenvalue weighted by Gasteiger charge is -2.31. The van der Waals surface area contributed by atoms with E-state index in [2.05, 4.69) is 36.6 Å². The second-order valence-corrected chi connectivity index (χ2v) is 15.8. The zero-order valence-electron chi connectivity index (χ0n) is 36.5. The number of aromatic amines is 1. The van der Waals surface area contributed by atoms with E-state index < -0.39 is 165 Å². The predicted octanol–water partition coefficient (Wildman–Crippen LogP) is -3.12. The molecule has 15 N–H and O–H groups in total. The summed E-state index contributed by atoms with van der Waals surface area (Å²) in [5.41, 5.74) is 6.21. The number of carbonyl (C=O) groups is 11. The summed E-state index contributed by atoms with van der Waals surface area (Å²) >= 11 is 0. The summed E-state index contributed by atoms with van der Waals surface area (Å²) in [6.45, 7) is 1.20. The standard InChI is InChI=1S/C40H51N11O18/c41-40-48-32-31(38(67)49-40)51-17-50(16-20(51)15-42-32)19-3-1-18(2-4-19)33(62)43-21(5-10-26(52)53)34(63)44-22(6-11-27(54)55)35(64)45-23(7-12-28(56)57)36(65)46-24(8-13-29(58)59)37(66)47-25(39(68)69)9-14-30(60)61/h1-4,20-25H,5-17H2,(H,43,62)(H,44,63)(H,45,64)(H,46,65)(H,47,66)(H,52,53)(H,54,55)(H,56,57)(H,58,59)(H,60,61)(H,68,69)(H4,41,42,48,49,67)/t20-,21-,22-,23-,24-,25-/m0/s1. The van der Waals surface area contributed by atoms with Crippen LogP contribution in [0.25, 0.3) is 0 Å². The molecule has 2 aromatic rings. The van der Waals surface area contributed by atoms with Gasteiger partial charge in [0.1, 0.15) is 35.9 Å². The summed E-state index contributed by atoms with van der Waals surface area (Å²) in [6.07, 6.45) is -6.97. The van der Waals surface area contributed by atoms with Crippen molar-refractivity contribution >= 4 is 88.5 Å². The Labute approximate surface area is 389 Å². The lowest BCUT2D eigenvalue weighted by molar-refractivity contribution is -0.144. The van der Waals surface area contributed by atoms with Gasteiger partial charge in [0.05, 0.1) is 12.7 Å². The molecular weight excluding hydrogens is 922 g/mol. The first kappa shape index (κ1) is 53.1. The minimum atomic E-state index is -1.89. The minimum absolute atomic E-state index is 0.00784. The van der Waals surface area contributed by atoms with Gasteiger partial charge >= 0.3 is 35.8 Å². The summed E-state index contributed by atoms with van der Waals surface area (Å²) in [4.78, 5) is 160. The molecule has 5 amide bonds. The van der Waals surface area contributed by atoms with Gasteiger partial charge in [-0.2, -0.15) is 4.98 Å². The molecule has 1 fully saturated rings. The fourth-order valence-corrected chi connectivity index (χ4v) is 7.24. The zero-order chi connectivity index (χ0) is 51.1. The number of nitrogens with one attached hydrogen (secondary N) is 7. The van der Waals surface area contributed by atoms with Gasteiger partial charge in [-0.3, -0.25) is 57.7 Å². The molecule has 0 saturated carbocycles. The van der Waals surface area contributed by atoms with Crippen LogP contribution in [-0.4, -0.2) is 162 Å². The number of H-pyrrole nitrogens is 1. The van der Waals surface area contributed by atoms with Crippen LogP contribution in [0.2, 0.25) is 0 Å². The third-order valence-corrected chi connectivity index (χ3v) is 10.8. The van der Waals surface area contributed by atoms with Gasteiger partial charge in [0.25, 0.3) is 11.5 Å². The predicted molar refractivity (Wildman–Crippen MR) is 234 cm³/mol. The van der Waals surface area contributed by atoms with Gasteiger partial charge in [-0.1, -0.05) is 0 Å². The number of rotatable bonds is 27. The highest BCUT2D eigenvalue weighted by Crippen LogP contribution is 2.32. The lowest BCUT2D eigenvalue weighted by atomic mass is 10.0. The highest BCUT2D eigenvalue weighted by molar-refractivity contribution is 5.99. The summed E-state index contributed by atoms with van der Waals surface area (Å²) in [7, 11) is 0. The van der Waals surface area contributed by atoms with Crippen LogP contribution in [-0.2, 0) is 47.9 Å². The van der Waals surface area contributed by atoms with Crippen LogP contribution in [0.3, 0.4) is 0 Å². The van der Waals surface area contributed by atoms with Crippen molar-refractivity contribution in [2.75, 3.05) is 40.6 Å². The smallest absolute Gasteiger partial charge is 0.326 e. The second kappa shape index (κ2) is 24.3. The number of amides is 5. The quantitative estimate of drug-likeness (QED) is 0.0421. The van der Waals surface area contributed by atoms with Crippen molar-refractivity contribution in [3.05, 3.63) is 40.2 Å². The van der Waals surface area contributed by atoms with E-state index in [-0.39, 0.29) is 24.2 Å². The van der Waals surface area contributed by atoms with E-state index in [9.17, 15) is 83.1 Å². The van der Waals surface area contributed by atoms with Crippen molar-refractivity contribution in [1.82, 2.24) is 36.6 Å². The number of anilines is 4. The van der Waals surface area contributed by atoms with E-state index >= 15 is 0 Å². The van der Waals surface area contributed by atoms with E-state index in [1.807, 2.05) is 15.1 Å². The monoisotopic (exact) mass is 973 g/mol. The zero-order valence-corrected chi connectivity index (χ0v) is 36.5. The van der Waals surface area contributed by atoms with E-state index in [4.69, 9.17) is 10.8 Å². The molecule has 0 spiro atoms. The number of hydrogen-bond donors (Lipinski definition) is 14. The van der Waals surface area contributed by atoms with Crippen molar-refractivity contribution < 1.29 is 83.4 Å². The summed E-state index contributed by atoms with van der Waals surface area (Å²) in [6, 6.07) is -3.15. The molecule has 3 heterocycles. The SMILES string of the molecule is Nc1nc2c(c(=O)[nH]1)N1CN(c3ccc(C(=O)N[C@@H](CCC(=O)O)C(=O)N[C@@H](CCC(=O)O)C(=O)N[C@@H](CCC(=O)O)C(=O)N[C@@H](CCC(=O)O)C(=O)N[C@@H](CCC(=O)O)C(=O)O)cc3)C[C@@H]1CN2.